The molecule has 0 radical (unpaired) electrons. The molecule has 1 aliphatic rings. The minimum atomic E-state index is -0.638. The molecule has 0 saturated carbocycles. The second kappa shape index (κ2) is 4.96. The molecule has 1 aromatic rings. The Kier molecular flexibility index (Phi) is 3.51. The third kappa shape index (κ3) is 2.30. The first-order valence-corrected chi connectivity index (χ1v) is 6.40. The van der Waals surface area contributed by atoms with E-state index in [4.69, 9.17) is 5.73 Å². The summed E-state index contributed by atoms with van der Waals surface area (Å²) < 4.78 is 0. The molecule has 0 amide bonds. The summed E-state index contributed by atoms with van der Waals surface area (Å²) in [5.74, 6) is -1.26. The Hall–Kier alpha value is -1.97. The zero-order valence-electron chi connectivity index (χ0n) is 11.2. The monoisotopic (exact) mass is 259 g/mol. The van der Waals surface area contributed by atoms with Crippen molar-refractivity contribution >= 4 is 23.0 Å². The lowest BCUT2D eigenvalue weighted by Gasteiger charge is -2.14. The fraction of sp³-hybridized carbons (Fsp3) is 0.400. The van der Waals surface area contributed by atoms with Gasteiger partial charge in [0.05, 0.1) is 11.5 Å². The Morgan fingerprint density at radius 1 is 1.26 bits per heavy atom. The highest BCUT2D eigenvalue weighted by Crippen LogP contribution is 2.31. The Bertz CT molecular complexity index is 575. The fourth-order valence-corrected chi connectivity index (χ4v) is 2.72. The first-order chi connectivity index (χ1) is 8.93. The lowest BCUT2D eigenvalue weighted by Crippen LogP contribution is -2.23. The first kappa shape index (κ1) is 13.5. The number of carbonyl (C=O) groups excluding carboxylic acids is 3. The molecule has 4 nitrogen and oxygen atoms in total. The number of benzene rings is 1. The van der Waals surface area contributed by atoms with Gasteiger partial charge in [-0.05, 0) is 44.7 Å². The van der Waals surface area contributed by atoms with Gasteiger partial charge in [-0.15, -0.1) is 0 Å². The van der Waals surface area contributed by atoms with E-state index in [-0.39, 0.29) is 22.9 Å². The van der Waals surface area contributed by atoms with Crippen LogP contribution in [0.15, 0.2) is 12.1 Å². The predicted octanol–water partition coefficient (Wildman–Crippen LogP) is 2.20. The molecule has 1 aromatic carbocycles. The Morgan fingerprint density at radius 3 is 2.53 bits per heavy atom. The van der Waals surface area contributed by atoms with Gasteiger partial charge in [-0.2, -0.15) is 0 Å². The maximum absolute atomic E-state index is 12.5. The van der Waals surface area contributed by atoms with Gasteiger partial charge in [-0.25, -0.2) is 0 Å². The second-order valence-corrected chi connectivity index (χ2v) is 5.04. The van der Waals surface area contributed by atoms with Crippen LogP contribution < -0.4 is 5.73 Å². The van der Waals surface area contributed by atoms with Gasteiger partial charge in [0.25, 0.3) is 0 Å². The van der Waals surface area contributed by atoms with Crippen LogP contribution in [0, 0.1) is 5.92 Å². The van der Waals surface area contributed by atoms with Gasteiger partial charge in [-0.1, -0.05) is 6.07 Å². The van der Waals surface area contributed by atoms with Crippen LogP contribution in [0.4, 0.5) is 5.69 Å². The van der Waals surface area contributed by atoms with Gasteiger partial charge >= 0.3 is 0 Å². The van der Waals surface area contributed by atoms with E-state index in [1.807, 2.05) is 0 Å². The summed E-state index contributed by atoms with van der Waals surface area (Å²) >= 11 is 0. The number of nitrogens with two attached hydrogens (primary N) is 1. The molecule has 0 aromatic heterocycles. The second-order valence-electron chi connectivity index (χ2n) is 5.04. The van der Waals surface area contributed by atoms with Crippen molar-refractivity contribution < 1.29 is 14.4 Å². The van der Waals surface area contributed by atoms with Crippen LogP contribution in [0.2, 0.25) is 0 Å². The summed E-state index contributed by atoms with van der Waals surface area (Å²) in [6.45, 7) is 2.82. The van der Waals surface area contributed by atoms with Gasteiger partial charge in [0.15, 0.2) is 11.6 Å². The van der Waals surface area contributed by atoms with E-state index < -0.39 is 5.92 Å². The van der Waals surface area contributed by atoms with E-state index in [0.29, 0.717) is 24.1 Å². The molecule has 0 bridgehead atoms. The van der Waals surface area contributed by atoms with E-state index in [1.165, 1.54) is 13.8 Å². The van der Waals surface area contributed by atoms with E-state index >= 15 is 0 Å². The number of nitrogen functional groups attached to an aromatic ring is 1. The van der Waals surface area contributed by atoms with Gasteiger partial charge in [0, 0.05) is 11.3 Å². The molecule has 0 heterocycles. The lowest BCUT2D eigenvalue weighted by atomic mass is 9.87. The van der Waals surface area contributed by atoms with Crippen LogP contribution in [0.3, 0.4) is 0 Å². The molecule has 19 heavy (non-hydrogen) atoms. The normalized spacial score (nSPS) is 18.6. The fourth-order valence-electron chi connectivity index (χ4n) is 2.72. The largest absolute Gasteiger partial charge is 0.398 e. The van der Waals surface area contributed by atoms with Crippen LogP contribution in [0.1, 0.15) is 53.0 Å². The molecular formula is C15H17NO3. The van der Waals surface area contributed by atoms with Crippen molar-refractivity contribution in [1.82, 2.24) is 0 Å². The van der Waals surface area contributed by atoms with Crippen LogP contribution >= 0.6 is 0 Å². The summed E-state index contributed by atoms with van der Waals surface area (Å²) in [5.41, 5.74) is 7.60. The minimum Gasteiger partial charge on any atom is -0.398 e. The average molecular weight is 259 g/mol. The minimum absolute atomic E-state index is 0.144. The van der Waals surface area contributed by atoms with Crippen LogP contribution in [0.5, 0.6) is 0 Å². The SMILES string of the molecule is CC(=O)c1c(N)ccc2c1C(=O)C(C(C)=O)CCC2. The number of aryl methyl sites for hydroxylation is 1. The van der Waals surface area contributed by atoms with Crippen molar-refractivity contribution in [3.63, 3.8) is 0 Å². The Labute approximate surface area is 112 Å². The molecule has 2 N–H and O–H groups in total. The van der Waals surface area contributed by atoms with Crippen LogP contribution in [-0.4, -0.2) is 17.3 Å². The van der Waals surface area contributed by atoms with Crippen molar-refractivity contribution in [3.8, 4) is 0 Å². The highest BCUT2D eigenvalue weighted by Gasteiger charge is 2.32. The number of carbonyl (C=O) groups is 3. The predicted molar refractivity (Wildman–Crippen MR) is 72.3 cm³/mol. The van der Waals surface area contributed by atoms with E-state index in [0.717, 1.165) is 12.0 Å². The van der Waals surface area contributed by atoms with Crippen molar-refractivity contribution in [3.05, 3.63) is 28.8 Å². The molecule has 1 atom stereocenters. The van der Waals surface area contributed by atoms with Gasteiger partial charge in [-0.3, -0.25) is 14.4 Å². The average Bonchev–Trinajstić information content (AvgIpc) is 2.49. The first-order valence-electron chi connectivity index (χ1n) is 6.40. The summed E-state index contributed by atoms with van der Waals surface area (Å²) in [6, 6.07) is 3.45. The number of ketones is 3. The van der Waals surface area contributed by atoms with Gasteiger partial charge in [0.2, 0.25) is 0 Å². The Morgan fingerprint density at radius 2 is 1.95 bits per heavy atom. The molecule has 1 aliphatic carbocycles. The maximum atomic E-state index is 12.5. The van der Waals surface area contributed by atoms with E-state index in [9.17, 15) is 14.4 Å². The lowest BCUT2D eigenvalue weighted by molar-refractivity contribution is -0.119. The van der Waals surface area contributed by atoms with Crippen LogP contribution in [-0.2, 0) is 11.2 Å². The number of anilines is 1. The molecule has 1 unspecified atom stereocenters. The standard InChI is InChI=1S/C15H17NO3/c1-8(17)11-5-3-4-10-6-7-12(16)13(9(2)18)14(10)15(11)19/h6-7,11H,3-5,16H2,1-2H3. The van der Waals surface area contributed by atoms with Crippen molar-refractivity contribution in [2.24, 2.45) is 5.92 Å². The molecule has 0 saturated heterocycles. The van der Waals surface area contributed by atoms with Crippen molar-refractivity contribution in [1.29, 1.82) is 0 Å². The zero-order valence-corrected chi connectivity index (χ0v) is 11.2. The third-order valence-corrected chi connectivity index (χ3v) is 3.67. The molecule has 0 fully saturated rings. The van der Waals surface area contributed by atoms with E-state index in [1.54, 1.807) is 12.1 Å². The topological polar surface area (TPSA) is 77.2 Å². The van der Waals surface area contributed by atoms with Gasteiger partial charge in [0.1, 0.15) is 5.78 Å². The molecular weight excluding hydrogens is 242 g/mol. The van der Waals surface area contributed by atoms with Crippen molar-refractivity contribution in [2.75, 3.05) is 5.73 Å². The van der Waals surface area contributed by atoms with Gasteiger partial charge < -0.3 is 5.73 Å². The highest BCUT2D eigenvalue weighted by atomic mass is 16.2. The summed E-state index contributed by atoms with van der Waals surface area (Å²) in [7, 11) is 0. The van der Waals surface area contributed by atoms with E-state index in [2.05, 4.69) is 0 Å². The molecule has 4 heteroatoms. The third-order valence-electron chi connectivity index (χ3n) is 3.67. The van der Waals surface area contributed by atoms with Crippen molar-refractivity contribution in [2.45, 2.75) is 33.1 Å². The summed E-state index contributed by atoms with van der Waals surface area (Å²) in [6.07, 6.45) is 2.01. The number of rotatable bonds is 2. The molecule has 0 aliphatic heterocycles. The molecule has 2 rings (SSSR count). The number of hydrogen-bond acceptors (Lipinski definition) is 4. The summed E-state index contributed by atoms with van der Waals surface area (Å²) in [5, 5.41) is 0. The molecule has 100 valence electrons. The number of fused-ring (bicyclic) bond motifs is 1. The van der Waals surface area contributed by atoms with Crippen LogP contribution in [0.25, 0.3) is 0 Å². The number of Topliss-reactive ketones (excluding diaryl/α,β-unsaturated/α-hetero) is 3. The Balaban J connectivity index is 2.67. The molecule has 0 spiro atoms. The summed E-state index contributed by atoms with van der Waals surface area (Å²) in [4.78, 5) is 35.9. The highest BCUT2D eigenvalue weighted by molar-refractivity contribution is 6.17. The number of hydrogen-bond donors (Lipinski definition) is 1. The maximum Gasteiger partial charge on any atom is 0.174 e. The quantitative estimate of drug-likeness (QED) is 0.382. The smallest absolute Gasteiger partial charge is 0.174 e. The zero-order chi connectivity index (χ0) is 14.2.